The fraction of sp³-hybridized carbons (Fsp3) is 0.188. The number of amides is 1. The van der Waals surface area contributed by atoms with Gasteiger partial charge in [-0.05, 0) is 49.0 Å². The fourth-order valence-electron chi connectivity index (χ4n) is 2.47. The van der Waals surface area contributed by atoms with E-state index in [2.05, 4.69) is 0 Å². The largest absolute Gasteiger partial charge is 0.319 e. The molecule has 0 saturated heterocycles. The maximum Gasteiger partial charge on any atom is 0.319 e. The topological polar surface area (TPSA) is 63.5 Å². The molecule has 2 rings (SSSR count). The van der Waals surface area contributed by atoms with Crippen LogP contribution in [-0.2, 0) is 0 Å². The summed E-state index contributed by atoms with van der Waals surface area (Å²) in [5.74, 6) is -0.643. The Morgan fingerprint density at radius 1 is 1.05 bits per heavy atom. The monoisotopic (exact) mass is 284 g/mol. The van der Waals surface area contributed by atoms with Crippen LogP contribution in [0, 0.1) is 30.9 Å². The molecule has 0 saturated carbocycles. The normalized spacial score (nSPS) is 10.2. The van der Waals surface area contributed by atoms with Crippen molar-refractivity contribution in [1.29, 1.82) is 0 Å². The molecule has 108 valence electrons. The molecule has 0 spiro atoms. The van der Waals surface area contributed by atoms with Crippen LogP contribution in [0.5, 0.6) is 0 Å². The Hall–Kier alpha value is -2.69. The number of aryl methyl sites for hydroxylation is 3. The highest BCUT2D eigenvalue weighted by atomic mass is 16.7. The SMILES string of the molecule is Cc1cc(C)c(N(C(=O)c2ccccc2)[N+](=O)[O-])c(C)c1. The van der Waals surface area contributed by atoms with E-state index in [9.17, 15) is 14.9 Å². The summed E-state index contributed by atoms with van der Waals surface area (Å²) in [6, 6.07) is 11.9. The molecule has 5 nitrogen and oxygen atoms in total. The molecule has 2 aromatic carbocycles. The molecule has 0 atom stereocenters. The molecule has 5 heteroatoms. The van der Waals surface area contributed by atoms with Crippen LogP contribution in [0.4, 0.5) is 5.69 Å². The van der Waals surface area contributed by atoms with Crippen molar-refractivity contribution < 1.29 is 9.83 Å². The van der Waals surface area contributed by atoms with Crippen molar-refractivity contribution in [3.05, 3.63) is 74.8 Å². The number of hydrogen-bond donors (Lipinski definition) is 0. The van der Waals surface area contributed by atoms with E-state index in [4.69, 9.17) is 0 Å². The van der Waals surface area contributed by atoms with E-state index in [1.54, 1.807) is 44.2 Å². The van der Waals surface area contributed by atoms with Crippen LogP contribution < -0.4 is 5.01 Å². The summed E-state index contributed by atoms with van der Waals surface area (Å²) < 4.78 is 0. The second kappa shape index (κ2) is 5.75. The number of anilines is 1. The van der Waals surface area contributed by atoms with Gasteiger partial charge in [-0.2, -0.15) is 0 Å². The molecule has 2 aromatic rings. The molecule has 0 heterocycles. The van der Waals surface area contributed by atoms with Crippen LogP contribution in [0.3, 0.4) is 0 Å². The lowest BCUT2D eigenvalue weighted by atomic mass is 10.0. The molecule has 21 heavy (non-hydrogen) atoms. The molecule has 0 N–H and O–H groups in total. The van der Waals surface area contributed by atoms with Crippen molar-refractivity contribution in [3.63, 3.8) is 0 Å². The zero-order valence-corrected chi connectivity index (χ0v) is 12.2. The smallest absolute Gasteiger partial charge is 0.262 e. The highest BCUT2D eigenvalue weighted by Crippen LogP contribution is 2.27. The van der Waals surface area contributed by atoms with Crippen LogP contribution in [0.2, 0.25) is 0 Å². The van der Waals surface area contributed by atoms with Crippen molar-refractivity contribution in [1.82, 2.24) is 0 Å². The average molecular weight is 284 g/mol. The van der Waals surface area contributed by atoms with Crippen molar-refractivity contribution in [2.24, 2.45) is 0 Å². The lowest BCUT2D eigenvalue weighted by Crippen LogP contribution is -2.37. The third-order valence-corrected chi connectivity index (χ3v) is 3.22. The van der Waals surface area contributed by atoms with Crippen LogP contribution in [0.25, 0.3) is 0 Å². The van der Waals surface area contributed by atoms with Gasteiger partial charge in [0.1, 0.15) is 5.69 Å². The minimum atomic E-state index is -0.667. The predicted molar refractivity (Wildman–Crippen MR) is 80.9 cm³/mol. The van der Waals surface area contributed by atoms with Gasteiger partial charge in [-0.1, -0.05) is 35.9 Å². The number of carbonyl (C=O) groups excluding carboxylic acids is 1. The molecule has 0 bridgehead atoms. The van der Waals surface area contributed by atoms with Crippen molar-refractivity contribution in [2.45, 2.75) is 20.8 Å². The van der Waals surface area contributed by atoms with Gasteiger partial charge in [-0.15, -0.1) is 0 Å². The molecule has 1 amide bonds. The van der Waals surface area contributed by atoms with Crippen molar-refractivity contribution in [3.8, 4) is 0 Å². The standard InChI is InChI=1S/C16H16N2O3/c1-11-9-12(2)15(13(3)10-11)17(18(20)21)16(19)14-7-5-4-6-8-14/h4-10H,1-3H3. The third kappa shape index (κ3) is 2.91. The van der Waals surface area contributed by atoms with Gasteiger partial charge in [0.2, 0.25) is 0 Å². The number of hydrogen-bond acceptors (Lipinski definition) is 3. The minimum Gasteiger partial charge on any atom is -0.262 e. The first kappa shape index (κ1) is 14.7. The minimum absolute atomic E-state index is 0.286. The molecule has 0 aliphatic heterocycles. The van der Waals surface area contributed by atoms with Crippen molar-refractivity contribution in [2.75, 3.05) is 5.01 Å². The second-order valence-electron chi connectivity index (χ2n) is 4.97. The van der Waals surface area contributed by atoms with E-state index < -0.39 is 10.9 Å². The molecular weight excluding hydrogens is 268 g/mol. The third-order valence-electron chi connectivity index (χ3n) is 3.22. The molecule has 0 unspecified atom stereocenters. The van der Waals surface area contributed by atoms with Gasteiger partial charge >= 0.3 is 5.91 Å². The summed E-state index contributed by atoms with van der Waals surface area (Å²) in [5.41, 5.74) is 3.03. The Bertz CT molecular complexity index is 673. The molecule has 0 radical (unpaired) electrons. The summed E-state index contributed by atoms with van der Waals surface area (Å²) in [6.45, 7) is 5.45. The maximum atomic E-state index is 12.5. The zero-order chi connectivity index (χ0) is 15.6. The van der Waals surface area contributed by atoms with Gasteiger partial charge in [0.05, 0.1) is 0 Å². The first-order chi connectivity index (χ1) is 9.91. The van der Waals surface area contributed by atoms with E-state index in [-0.39, 0.29) is 5.56 Å². The van der Waals surface area contributed by atoms with Crippen LogP contribution in [0.1, 0.15) is 27.0 Å². The molecule has 0 fully saturated rings. The lowest BCUT2D eigenvalue weighted by Gasteiger charge is -2.17. The van der Waals surface area contributed by atoms with Crippen molar-refractivity contribution >= 4 is 11.6 Å². The fourth-order valence-corrected chi connectivity index (χ4v) is 2.47. The number of hydrazine groups is 1. The van der Waals surface area contributed by atoms with Crippen LogP contribution >= 0.6 is 0 Å². The maximum absolute atomic E-state index is 12.5. The summed E-state index contributed by atoms with van der Waals surface area (Å²) in [6.07, 6.45) is 0. The van der Waals surface area contributed by atoms with Gasteiger partial charge in [0, 0.05) is 5.56 Å². The molecule has 0 aromatic heterocycles. The number of nitro groups is 1. The van der Waals surface area contributed by atoms with Gasteiger partial charge in [0.15, 0.2) is 5.03 Å². The van der Waals surface area contributed by atoms with Gasteiger partial charge in [-0.25, -0.2) is 10.1 Å². The Morgan fingerprint density at radius 3 is 2.05 bits per heavy atom. The Morgan fingerprint density at radius 2 is 1.57 bits per heavy atom. The Labute approximate surface area is 122 Å². The quantitative estimate of drug-likeness (QED) is 0.640. The first-order valence-corrected chi connectivity index (χ1v) is 6.53. The van der Waals surface area contributed by atoms with Gasteiger partial charge < -0.3 is 0 Å². The number of benzene rings is 2. The number of rotatable bonds is 3. The summed E-state index contributed by atoms with van der Waals surface area (Å²) in [5, 5.41) is 11.4. The first-order valence-electron chi connectivity index (χ1n) is 6.53. The Kier molecular flexibility index (Phi) is 4.03. The summed E-state index contributed by atoms with van der Waals surface area (Å²) >= 11 is 0. The van der Waals surface area contributed by atoms with Crippen LogP contribution in [-0.4, -0.2) is 10.9 Å². The molecule has 0 aliphatic rings. The molecule has 0 aliphatic carbocycles. The van der Waals surface area contributed by atoms with Gasteiger partial charge in [0.25, 0.3) is 0 Å². The predicted octanol–water partition coefficient (Wildman–Crippen LogP) is 3.45. The summed E-state index contributed by atoms with van der Waals surface area (Å²) in [4.78, 5) is 23.9. The number of carbonyl (C=O) groups is 1. The van der Waals surface area contributed by atoms with Crippen LogP contribution in [0.15, 0.2) is 42.5 Å². The highest BCUT2D eigenvalue weighted by molar-refractivity contribution is 6.05. The van der Waals surface area contributed by atoms with Gasteiger partial charge in [-0.3, -0.25) is 4.79 Å². The van der Waals surface area contributed by atoms with E-state index in [1.807, 2.05) is 19.1 Å². The summed E-state index contributed by atoms with van der Waals surface area (Å²) in [7, 11) is 0. The Balaban J connectivity index is 2.56. The van der Waals surface area contributed by atoms with E-state index in [1.165, 1.54) is 0 Å². The average Bonchev–Trinajstić information content (AvgIpc) is 2.42. The molecular formula is C16H16N2O3. The zero-order valence-electron chi connectivity index (χ0n) is 12.2. The second-order valence-corrected chi connectivity index (χ2v) is 4.97. The van der Waals surface area contributed by atoms with E-state index in [0.717, 1.165) is 5.56 Å². The lowest BCUT2D eigenvalue weighted by molar-refractivity contribution is -0.481. The highest BCUT2D eigenvalue weighted by Gasteiger charge is 2.30. The van der Waals surface area contributed by atoms with E-state index >= 15 is 0 Å². The number of nitrogens with zero attached hydrogens (tertiary/aromatic N) is 2. The van der Waals surface area contributed by atoms with E-state index in [0.29, 0.717) is 21.8 Å².